The molecular weight excluding hydrogens is 408 g/mol. The number of sulfonamides is 1. The first-order valence-corrected chi connectivity index (χ1v) is 10.1. The molecule has 0 bridgehead atoms. The number of hydrogen-bond donors (Lipinski definition) is 0. The topological polar surface area (TPSA) is 128 Å². The number of ether oxygens (including phenoxy) is 1. The Morgan fingerprint density at radius 1 is 1.20 bits per heavy atom. The molecule has 11 heteroatoms. The number of nitriles is 1. The van der Waals surface area contributed by atoms with Crippen molar-refractivity contribution in [2.45, 2.75) is 10.9 Å². The number of carbonyl (C=O) groups excluding carboxylic acids is 1. The number of anilines is 1. The van der Waals surface area contributed by atoms with Crippen molar-refractivity contribution in [1.29, 1.82) is 5.26 Å². The van der Waals surface area contributed by atoms with Crippen LogP contribution in [0.2, 0.25) is 0 Å². The third kappa shape index (κ3) is 3.91. The van der Waals surface area contributed by atoms with Crippen LogP contribution in [0, 0.1) is 11.3 Å². The van der Waals surface area contributed by atoms with Gasteiger partial charge < -0.3 is 4.74 Å². The molecule has 0 radical (unpaired) electrons. The van der Waals surface area contributed by atoms with Gasteiger partial charge in [-0.2, -0.15) is 25.6 Å². The molecular formula is C19H18N6O4S. The molecule has 2 aromatic rings. The van der Waals surface area contributed by atoms with Crippen LogP contribution in [0.15, 0.2) is 68.8 Å². The Labute approximate surface area is 173 Å². The zero-order valence-electron chi connectivity index (χ0n) is 16.4. The van der Waals surface area contributed by atoms with Gasteiger partial charge in [0.05, 0.1) is 17.7 Å². The Hall–Kier alpha value is -3.62. The van der Waals surface area contributed by atoms with Crippen LogP contribution in [0.5, 0.6) is 5.75 Å². The summed E-state index contributed by atoms with van der Waals surface area (Å²) < 4.78 is 31.0. The average Bonchev–Trinajstić information content (AvgIpc) is 3.07. The Morgan fingerprint density at radius 3 is 2.50 bits per heavy atom. The van der Waals surface area contributed by atoms with Crippen LogP contribution in [-0.2, 0) is 14.8 Å². The number of nitrogens with zero attached hydrogens (tertiary/aromatic N) is 6. The third-order valence-electron chi connectivity index (χ3n) is 4.23. The minimum Gasteiger partial charge on any atom is -0.494 e. The van der Waals surface area contributed by atoms with Crippen LogP contribution < -0.4 is 9.75 Å². The van der Waals surface area contributed by atoms with Crippen LogP contribution in [0.4, 0.5) is 11.4 Å². The summed E-state index contributed by atoms with van der Waals surface area (Å²) in [6, 6.07) is 13.3. The summed E-state index contributed by atoms with van der Waals surface area (Å²) in [6.45, 7) is 0. The number of hydrazone groups is 1. The first-order valence-electron chi connectivity index (χ1n) is 8.68. The molecule has 1 atom stereocenters. The van der Waals surface area contributed by atoms with Gasteiger partial charge in [0.1, 0.15) is 17.5 Å². The van der Waals surface area contributed by atoms with Crippen LogP contribution in [0.1, 0.15) is 0 Å². The largest absolute Gasteiger partial charge is 0.494 e. The van der Waals surface area contributed by atoms with Crippen molar-refractivity contribution in [3.8, 4) is 11.8 Å². The zero-order chi connectivity index (χ0) is 21.9. The fraction of sp³-hybridized carbons (Fsp3) is 0.211. The molecule has 1 heterocycles. The molecule has 0 aliphatic carbocycles. The highest BCUT2D eigenvalue weighted by molar-refractivity contribution is 7.89. The second kappa shape index (κ2) is 8.40. The van der Waals surface area contributed by atoms with E-state index in [0.717, 1.165) is 9.31 Å². The third-order valence-corrected chi connectivity index (χ3v) is 6.05. The lowest BCUT2D eigenvalue weighted by Crippen LogP contribution is -2.30. The number of hydrogen-bond acceptors (Lipinski definition) is 8. The molecule has 0 N–H and O–H groups in total. The lowest BCUT2D eigenvalue weighted by molar-refractivity contribution is -0.117. The Kier molecular flexibility index (Phi) is 5.91. The zero-order valence-corrected chi connectivity index (χ0v) is 17.2. The number of amides is 1. The van der Waals surface area contributed by atoms with E-state index < -0.39 is 22.0 Å². The highest BCUT2D eigenvalue weighted by Crippen LogP contribution is 2.32. The number of azo groups is 1. The van der Waals surface area contributed by atoms with Crippen LogP contribution >= 0.6 is 0 Å². The van der Waals surface area contributed by atoms with Crippen molar-refractivity contribution in [2.75, 3.05) is 26.2 Å². The fourth-order valence-corrected chi connectivity index (χ4v) is 3.55. The minimum atomic E-state index is -3.71. The van der Waals surface area contributed by atoms with Crippen LogP contribution in [0.25, 0.3) is 0 Å². The van der Waals surface area contributed by atoms with E-state index in [2.05, 4.69) is 15.3 Å². The summed E-state index contributed by atoms with van der Waals surface area (Å²) in [6.07, 6.45) is 0. The van der Waals surface area contributed by atoms with Gasteiger partial charge in [0.15, 0.2) is 5.71 Å². The minimum absolute atomic E-state index is 0.0138. The highest BCUT2D eigenvalue weighted by atomic mass is 32.2. The van der Waals surface area contributed by atoms with Gasteiger partial charge in [-0.3, -0.25) is 4.79 Å². The monoisotopic (exact) mass is 426 g/mol. The number of benzene rings is 2. The van der Waals surface area contributed by atoms with Crippen LogP contribution in [0.3, 0.4) is 0 Å². The van der Waals surface area contributed by atoms with Crippen molar-refractivity contribution in [2.24, 2.45) is 15.3 Å². The second-order valence-electron chi connectivity index (χ2n) is 6.32. The van der Waals surface area contributed by atoms with E-state index in [0.29, 0.717) is 5.69 Å². The molecule has 1 unspecified atom stereocenters. The van der Waals surface area contributed by atoms with E-state index in [4.69, 9.17) is 4.74 Å². The molecule has 1 aliphatic heterocycles. The van der Waals surface area contributed by atoms with Gasteiger partial charge >= 0.3 is 0 Å². The maximum Gasteiger partial charge on any atom is 0.281 e. The number of rotatable bonds is 6. The number of carbonyl (C=O) groups is 1. The molecule has 0 saturated carbocycles. The smallest absolute Gasteiger partial charge is 0.281 e. The van der Waals surface area contributed by atoms with Gasteiger partial charge in [0, 0.05) is 14.1 Å². The van der Waals surface area contributed by atoms with Crippen molar-refractivity contribution < 1.29 is 17.9 Å². The lowest BCUT2D eigenvalue weighted by atomic mass is 10.2. The summed E-state index contributed by atoms with van der Waals surface area (Å²) >= 11 is 0. The van der Waals surface area contributed by atoms with Gasteiger partial charge in [0.2, 0.25) is 16.1 Å². The van der Waals surface area contributed by atoms with Crippen molar-refractivity contribution in [1.82, 2.24) is 4.31 Å². The molecule has 154 valence electrons. The standard InChI is InChI=1S/C19H18N6O4S/c1-24(2)30(27,28)14-9-10-17(29-3)15(11-14)21-22-18-16(12-20)23-25(19(18)26)13-7-5-4-6-8-13/h4-11,18H,1-3H3. The summed E-state index contributed by atoms with van der Waals surface area (Å²) in [5, 5.41) is 22.5. The van der Waals surface area contributed by atoms with E-state index in [-0.39, 0.29) is 22.0 Å². The normalized spacial score (nSPS) is 16.8. The predicted octanol–water partition coefficient (Wildman–Crippen LogP) is 2.32. The van der Waals surface area contributed by atoms with E-state index in [1.807, 2.05) is 6.07 Å². The van der Waals surface area contributed by atoms with E-state index >= 15 is 0 Å². The second-order valence-corrected chi connectivity index (χ2v) is 8.47. The SMILES string of the molecule is COc1ccc(S(=O)(=O)N(C)C)cc1N=NC1C(=O)N(c2ccccc2)N=C1C#N. The Bertz CT molecular complexity index is 1170. The average molecular weight is 426 g/mol. The summed E-state index contributed by atoms with van der Waals surface area (Å²) in [5.41, 5.74) is 0.469. The molecule has 10 nitrogen and oxygen atoms in total. The Morgan fingerprint density at radius 2 is 1.90 bits per heavy atom. The number of para-hydroxylation sites is 1. The van der Waals surface area contributed by atoms with Crippen molar-refractivity contribution >= 4 is 33.0 Å². The van der Waals surface area contributed by atoms with E-state index in [1.54, 1.807) is 30.3 Å². The van der Waals surface area contributed by atoms with Gasteiger partial charge in [-0.1, -0.05) is 18.2 Å². The van der Waals surface area contributed by atoms with Crippen molar-refractivity contribution in [3.63, 3.8) is 0 Å². The quantitative estimate of drug-likeness (QED) is 0.655. The lowest BCUT2D eigenvalue weighted by Gasteiger charge is -2.13. The first-order chi connectivity index (χ1) is 14.3. The maximum absolute atomic E-state index is 12.7. The summed E-state index contributed by atoms with van der Waals surface area (Å²) in [7, 11) is 0.506. The highest BCUT2D eigenvalue weighted by Gasteiger charge is 2.37. The number of methoxy groups -OCH3 is 1. The van der Waals surface area contributed by atoms with Gasteiger partial charge in [-0.15, -0.1) is 0 Å². The summed E-state index contributed by atoms with van der Waals surface area (Å²) in [5.74, 6) is -0.283. The molecule has 0 saturated heterocycles. The van der Waals surface area contributed by atoms with Gasteiger partial charge in [-0.05, 0) is 30.3 Å². The van der Waals surface area contributed by atoms with Gasteiger partial charge in [-0.25, -0.2) is 12.7 Å². The maximum atomic E-state index is 12.7. The van der Waals surface area contributed by atoms with Crippen molar-refractivity contribution in [3.05, 3.63) is 48.5 Å². The fourth-order valence-electron chi connectivity index (χ4n) is 2.63. The molecule has 3 rings (SSSR count). The molecule has 0 fully saturated rings. The van der Waals surface area contributed by atoms with Crippen LogP contribution in [-0.4, -0.2) is 51.6 Å². The van der Waals surface area contributed by atoms with E-state index in [1.165, 1.54) is 39.4 Å². The molecule has 1 amide bonds. The molecule has 0 aromatic heterocycles. The molecule has 1 aliphatic rings. The van der Waals surface area contributed by atoms with E-state index in [9.17, 15) is 18.5 Å². The van der Waals surface area contributed by atoms with Gasteiger partial charge in [0.25, 0.3) is 5.91 Å². The molecule has 0 spiro atoms. The predicted molar refractivity (Wildman–Crippen MR) is 109 cm³/mol. The Balaban J connectivity index is 1.96. The first kappa shape index (κ1) is 21.1. The summed E-state index contributed by atoms with van der Waals surface area (Å²) in [4.78, 5) is 12.7. The molecule has 30 heavy (non-hydrogen) atoms. The molecule has 2 aromatic carbocycles.